The van der Waals surface area contributed by atoms with Gasteiger partial charge in [-0.2, -0.15) is 0 Å². The summed E-state index contributed by atoms with van der Waals surface area (Å²) >= 11 is 0. The third kappa shape index (κ3) is 2.89. The fraction of sp³-hybridized carbons (Fsp3) is 0.143. The maximum Gasteiger partial charge on any atom is 0.697 e. The number of hydrogen-bond acceptors (Lipinski definition) is 5. The van der Waals surface area contributed by atoms with Crippen LogP contribution in [-0.2, 0) is 13.8 Å². The molecule has 1 aromatic heterocycles. The van der Waals surface area contributed by atoms with E-state index >= 15 is 0 Å². The first-order chi connectivity index (χ1) is 10.1. The highest BCUT2D eigenvalue weighted by atomic mass is 31.1. The first kappa shape index (κ1) is 14.0. The molecule has 1 heterocycles. The smallest absolute Gasteiger partial charge is 0.335 e. The van der Waals surface area contributed by atoms with Crippen molar-refractivity contribution < 1.29 is 23.5 Å². The molecule has 106 valence electrons. The molecule has 2 aromatic rings. The van der Waals surface area contributed by atoms with E-state index in [0.29, 0.717) is 11.3 Å². The van der Waals surface area contributed by atoms with Crippen LogP contribution in [0.1, 0.15) is 16.1 Å². The highest BCUT2D eigenvalue weighted by Gasteiger charge is 2.26. The van der Waals surface area contributed by atoms with E-state index in [1.165, 1.54) is 0 Å². The van der Waals surface area contributed by atoms with E-state index < -0.39 is 21.2 Å². The summed E-state index contributed by atoms with van der Waals surface area (Å²) < 4.78 is 19.9. The number of fused-ring (bicyclic) bond motifs is 2. The van der Waals surface area contributed by atoms with Crippen molar-refractivity contribution in [2.75, 3.05) is 6.79 Å². The molecule has 0 fully saturated rings. The minimum Gasteiger partial charge on any atom is -0.335 e. The third-order valence-electron chi connectivity index (χ3n) is 3.12. The van der Waals surface area contributed by atoms with Gasteiger partial charge in [-0.1, -0.05) is 22.7 Å². The third-order valence-corrected chi connectivity index (χ3v) is 3.44. The molecule has 7 heteroatoms. The lowest BCUT2D eigenvalue weighted by Gasteiger charge is -2.17. The predicted octanol–water partition coefficient (Wildman–Crippen LogP) is 2.45. The van der Waals surface area contributed by atoms with Crippen molar-refractivity contribution in [2.45, 2.75) is 6.10 Å². The molecule has 0 amide bonds. The van der Waals surface area contributed by atoms with Gasteiger partial charge >= 0.3 is 8.25 Å². The van der Waals surface area contributed by atoms with Crippen LogP contribution in [0.5, 0.6) is 0 Å². The topological polar surface area (TPSA) is 85.7 Å². The normalized spacial score (nSPS) is 17.9. The summed E-state index contributed by atoms with van der Waals surface area (Å²) in [5.41, 5.74) is 1.87. The average molecular weight is 304 g/mol. The summed E-state index contributed by atoms with van der Waals surface area (Å²) in [4.78, 5) is 25.3. The Labute approximate surface area is 121 Å². The summed E-state index contributed by atoms with van der Waals surface area (Å²) in [7, 11) is -2.74. The molecule has 21 heavy (non-hydrogen) atoms. The monoisotopic (exact) mass is 304 g/mol. The van der Waals surface area contributed by atoms with Gasteiger partial charge in [0, 0.05) is 15.5 Å². The lowest BCUT2D eigenvalue weighted by Crippen LogP contribution is -2.26. The molecular weight excluding hydrogens is 293 g/mol. The van der Waals surface area contributed by atoms with Crippen LogP contribution in [0, 0.1) is 0 Å². The van der Waals surface area contributed by atoms with Gasteiger partial charge in [-0.25, -0.2) is 4.98 Å². The van der Waals surface area contributed by atoms with Crippen LogP contribution < -0.4 is 0 Å². The Morgan fingerprint density at radius 1 is 1.33 bits per heavy atom. The SMILES string of the molecule is O=C1c2cc3ccccc3nc2C=CC1OCO[P+](=O)O. The molecule has 1 aromatic carbocycles. The summed E-state index contributed by atoms with van der Waals surface area (Å²) in [6.45, 7) is -0.428. The predicted molar refractivity (Wildman–Crippen MR) is 75.8 cm³/mol. The van der Waals surface area contributed by atoms with Gasteiger partial charge in [0.15, 0.2) is 5.78 Å². The molecule has 0 aliphatic heterocycles. The van der Waals surface area contributed by atoms with Crippen molar-refractivity contribution in [3.05, 3.63) is 47.7 Å². The van der Waals surface area contributed by atoms with Gasteiger partial charge in [0.05, 0.1) is 11.2 Å². The van der Waals surface area contributed by atoms with Crippen molar-refractivity contribution in [1.82, 2.24) is 4.98 Å². The Bertz CT molecular complexity index is 758. The van der Waals surface area contributed by atoms with Crippen LogP contribution in [0.15, 0.2) is 36.4 Å². The van der Waals surface area contributed by atoms with Gasteiger partial charge in [-0.15, -0.1) is 4.89 Å². The average Bonchev–Trinajstić information content (AvgIpc) is 2.48. The number of carbonyl (C=O) groups is 1. The highest BCUT2D eigenvalue weighted by molar-refractivity contribution is 7.32. The summed E-state index contributed by atoms with van der Waals surface area (Å²) in [5.74, 6) is -0.248. The maximum absolute atomic E-state index is 12.3. The number of carbonyl (C=O) groups excluding carboxylic acids is 1. The zero-order valence-electron chi connectivity index (χ0n) is 10.8. The van der Waals surface area contributed by atoms with Crippen LogP contribution in [0.25, 0.3) is 17.0 Å². The number of pyridine rings is 1. The number of benzene rings is 1. The van der Waals surface area contributed by atoms with Gasteiger partial charge < -0.3 is 4.74 Å². The first-order valence-corrected chi connectivity index (χ1v) is 7.31. The Balaban J connectivity index is 1.87. The molecule has 2 unspecified atom stereocenters. The molecule has 1 aliphatic carbocycles. The van der Waals surface area contributed by atoms with Gasteiger partial charge in [0.1, 0.15) is 6.10 Å². The molecule has 0 saturated heterocycles. The molecule has 0 saturated carbocycles. The largest absolute Gasteiger partial charge is 0.697 e. The van der Waals surface area contributed by atoms with Gasteiger partial charge in [-0.3, -0.25) is 4.79 Å². The number of Topliss-reactive ketones (excluding diaryl/α,β-unsaturated/α-hetero) is 1. The van der Waals surface area contributed by atoms with Gasteiger partial charge in [0.2, 0.25) is 6.79 Å². The summed E-state index contributed by atoms with van der Waals surface area (Å²) in [6, 6.07) is 9.29. The second-order valence-corrected chi connectivity index (χ2v) is 5.14. The highest BCUT2D eigenvalue weighted by Crippen LogP contribution is 2.24. The molecule has 6 nitrogen and oxygen atoms in total. The number of hydrogen-bond donors (Lipinski definition) is 1. The molecule has 0 radical (unpaired) electrons. The number of aromatic nitrogens is 1. The number of nitrogens with zero attached hydrogens (tertiary/aromatic N) is 1. The molecule has 1 aliphatic rings. The van der Waals surface area contributed by atoms with E-state index in [1.807, 2.05) is 24.3 Å². The van der Waals surface area contributed by atoms with Gasteiger partial charge in [0.25, 0.3) is 0 Å². The molecular formula is C14H11NO5P+. The second-order valence-electron chi connectivity index (χ2n) is 4.41. The van der Waals surface area contributed by atoms with Crippen LogP contribution in [0.4, 0.5) is 0 Å². The number of para-hydroxylation sites is 1. The quantitative estimate of drug-likeness (QED) is 0.690. The van der Waals surface area contributed by atoms with Crippen molar-refractivity contribution in [1.29, 1.82) is 0 Å². The summed E-state index contributed by atoms with van der Waals surface area (Å²) in [6.07, 6.45) is 2.42. The Hall–Kier alpha value is -1.98. The fourth-order valence-electron chi connectivity index (χ4n) is 2.15. The lowest BCUT2D eigenvalue weighted by atomic mass is 9.97. The van der Waals surface area contributed by atoms with E-state index in [-0.39, 0.29) is 5.78 Å². The molecule has 3 rings (SSSR count). The standard InChI is InChI=1S/C14H10NO5P/c16-14-10-7-9-3-1-2-4-11(9)15-12(10)5-6-13(14)19-8-20-21(17)18/h1-7,13H,8H2/p+1. The molecule has 0 spiro atoms. The second kappa shape index (κ2) is 5.79. The van der Waals surface area contributed by atoms with Crippen LogP contribution in [0.3, 0.4) is 0 Å². The summed E-state index contributed by atoms with van der Waals surface area (Å²) in [5, 5.41) is 0.869. The van der Waals surface area contributed by atoms with E-state index in [9.17, 15) is 9.36 Å². The molecule has 0 bridgehead atoms. The Morgan fingerprint density at radius 3 is 2.95 bits per heavy atom. The van der Waals surface area contributed by atoms with Crippen molar-refractivity contribution >= 4 is 31.0 Å². The van der Waals surface area contributed by atoms with Crippen molar-refractivity contribution in [2.24, 2.45) is 0 Å². The number of ether oxygens (including phenoxy) is 1. The lowest BCUT2D eigenvalue weighted by molar-refractivity contribution is -0.00964. The van der Waals surface area contributed by atoms with Crippen molar-refractivity contribution in [3.8, 4) is 0 Å². The Kier molecular flexibility index (Phi) is 3.86. The van der Waals surface area contributed by atoms with Crippen molar-refractivity contribution in [3.63, 3.8) is 0 Å². The fourth-order valence-corrected chi connectivity index (χ4v) is 2.31. The van der Waals surface area contributed by atoms with Gasteiger partial charge in [-0.05, 0) is 24.3 Å². The minimum absolute atomic E-state index is 0.248. The van der Waals surface area contributed by atoms with Crippen LogP contribution in [-0.4, -0.2) is 28.6 Å². The zero-order valence-corrected chi connectivity index (χ0v) is 11.7. The van der Waals surface area contributed by atoms with Crippen LogP contribution in [0.2, 0.25) is 0 Å². The minimum atomic E-state index is -2.74. The van der Waals surface area contributed by atoms with E-state index in [1.54, 1.807) is 18.2 Å². The van der Waals surface area contributed by atoms with E-state index in [4.69, 9.17) is 9.63 Å². The molecule has 2 atom stereocenters. The Morgan fingerprint density at radius 2 is 2.14 bits per heavy atom. The van der Waals surface area contributed by atoms with E-state index in [0.717, 1.165) is 10.9 Å². The maximum atomic E-state index is 12.3. The zero-order chi connectivity index (χ0) is 14.8. The number of ketones is 1. The van der Waals surface area contributed by atoms with Crippen LogP contribution >= 0.6 is 8.25 Å². The number of rotatable bonds is 4. The van der Waals surface area contributed by atoms with E-state index in [2.05, 4.69) is 9.51 Å². The first-order valence-electron chi connectivity index (χ1n) is 6.18. The molecule has 1 N–H and O–H groups in total.